The molecule has 7 heteroatoms. The van der Waals surface area contributed by atoms with Gasteiger partial charge in [0.2, 0.25) is 0 Å². The maximum Gasteiger partial charge on any atom is 0.123 e. The van der Waals surface area contributed by atoms with E-state index in [0.717, 1.165) is 23.6 Å². The van der Waals surface area contributed by atoms with Crippen LogP contribution < -0.4 is 14.2 Å². The molecule has 2 aromatic carbocycles. The van der Waals surface area contributed by atoms with Gasteiger partial charge in [-0.05, 0) is 42.9 Å². The molecule has 160 valence electrons. The van der Waals surface area contributed by atoms with Crippen LogP contribution in [0.1, 0.15) is 5.56 Å². The number of aliphatic hydroxyl groups excluding tert-OH is 1. The molecular weight excluding hydrogens is 382 g/mol. The van der Waals surface area contributed by atoms with Crippen molar-refractivity contribution in [3.8, 4) is 17.2 Å². The summed E-state index contributed by atoms with van der Waals surface area (Å²) in [4.78, 5) is 2.06. The van der Waals surface area contributed by atoms with Gasteiger partial charge in [0.15, 0.2) is 0 Å². The Morgan fingerprint density at radius 2 is 1.83 bits per heavy atom. The minimum absolute atomic E-state index is 0.223. The van der Waals surface area contributed by atoms with Crippen LogP contribution in [0.4, 0.5) is 0 Å². The number of hydrogen-bond donors (Lipinski definition) is 1. The first kappa shape index (κ1) is 21.7. The van der Waals surface area contributed by atoms with Crippen LogP contribution in [0.3, 0.4) is 0 Å². The van der Waals surface area contributed by atoms with Gasteiger partial charge in [-0.15, -0.1) is 0 Å². The maximum atomic E-state index is 10.3. The van der Waals surface area contributed by atoms with E-state index in [-0.39, 0.29) is 6.61 Å². The van der Waals surface area contributed by atoms with Crippen molar-refractivity contribution in [2.75, 3.05) is 33.9 Å². The first-order chi connectivity index (χ1) is 14.6. The predicted molar refractivity (Wildman–Crippen MR) is 115 cm³/mol. The topological polar surface area (TPSA) is 69.0 Å². The molecule has 0 unspecified atom stereocenters. The molecule has 1 atom stereocenters. The Morgan fingerprint density at radius 1 is 1.03 bits per heavy atom. The zero-order chi connectivity index (χ0) is 21.2. The second kappa shape index (κ2) is 11.2. The number of nitrogens with zero attached hydrogens (tertiary/aromatic N) is 3. The highest BCUT2D eigenvalue weighted by Gasteiger charge is 2.10. The number of aromatic nitrogens is 2. The van der Waals surface area contributed by atoms with Crippen molar-refractivity contribution in [2.24, 2.45) is 0 Å². The fourth-order valence-electron chi connectivity index (χ4n) is 3.05. The minimum atomic E-state index is -0.592. The van der Waals surface area contributed by atoms with Gasteiger partial charge in [-0.3, -0.25) is 9.58 Å². The number of benzene rings is 2. The van der Waals surface area contributed by atoms with E-state index in [9.17, 15) is 5.11 Å². The number of likely N-dealkylation sites (N-methyl/N-ethyl adjacent to an activating group) is 1. The average molecular weight is 412 g/mol. The summed E-state index contributed by atoms with van der Waals surface area (Å²) in [6.45, 7) is 2.74. The third-order valence-corrected chi connectivity index (χ3v) is 4.53. The van der Waals surface area contributed by atoms with E-state index in [1.165, 1.54) is 0 Å². The van der Waals surface area contributed by atoms with Gasteiger partial charge in [0.05, 0.1) is 13.7 Å². The van der Waals surface area contributed by atoms with E-state index in [0.29, 0.717) is 25.4 Å². The van der Waals surface area contributed by atoms with Gasteiger partial charge in [0.1, 0.15) is 36.6 Å². The molecule has 0 aliphatic carbocycles. The van der Waals surface area contributed by atoms with Crippen LogP contribution in [0.15, 0.2) is 67.0 Å². The summed E-state index contributed by atoms with van der Waals surface area (Å²) in [5.74, 6) is 2.24. The van der Waals surface area contributed by atoms with Crippen molar-refractivity contribution in [1.29, 1.82) is 0 Å². The average Bonchev–Trinajstić information content (AvgIpc) is 3.27. The Labute approximate surface area is 177 Å². The van der Waals surface area contributed by atoms with Crippen LogP contribution in [0.5, 0.6) is 17.2 Å². The summed E-state index contributed by atoms with van der Waals surface area (Å²) in [7, 11) is 3.59. The molecule has 0 aliphatic rings. The number of aliphatic hydroxyl groups is 1. The van der Waals surface area contributed by atoms with E-state index in [4.69, 9.17) is 14.2 Å². The van der Waals surface area contributed by atoms with Gasteiger partial charge in [-0.1, -0.05) is 18.2 Å². The Kier molecular flexibility index (Phi) is 8.11. The smallest absolute Gasteiger partial charge is 0.123 e. The third kappa shape index (κ3) is 7.09. The van der Waals surface area contributed by atoms with Gasteiger partial charge >= 0.3 is 0 Å². The quantitative estimate of drug-likeness (QED) is 0.494. The molecule has 30 heavy (non-hydrogen) atoms. The van der Waals surface area contributed by atoms with Crippen LogP contribution in [-0.2, 0) is 13.1 Å². The number of rotatable bonds is 12. The van der Waals surface area contributed by atoms with Gasteiger partial charge in [-0.25, -0.2) is 0 Å². The molecule has 0 radical (unpaired) electrons. The predicted octanol–water partition coefficient (Wildman–Crippen LogP) is 2.84. The van der Waals surface area contributed by atoms with Crippen molar-refractivity contribution in [3.63, 3.8) is 0 Å². The third-order valence-electron chi connectivity index (χ3n) is 4.53. The lowest BCUT2D eigenvalue weighted by Gasteiger charge is -2.21. The molecule has 0 spiro atoms. The molecule has 1 N–H and O–H groups in total. The zero-order valence-electron chi connectivity index (χ0n) is 17.5. The lowest BCUT2D eigenvalue weighted by Crippen LogP contribution is -2.32. The number of hydrogen-bond acceptors (Lipinski definition) is 6. The molecule has 1 heterocycles. The lowest BCUT2D eigenvalue weighted by atomic mass is 10.2. The van der Waals surface area contributed by atoms with Crippen LogP contribution in [0.2, 0.25) is 0 Å². The molecule has 0 saturated carbocycles. The molecule has 3 rings (SSSR count). The molecule has 0 saturated heterocycles. The van der Waals surface area contributed by atoms with Crippen LogP contribution in [0, 0.1) is 0 Å². The summed E-state index contributed by atoms with van der Waals surface area (Å²) < 4.78 is 18.4. The molecule has 0 amide bonds. The zero-order valence-corrected chi connectivity index (χ0v) is 17.5. The highest BCUT2D eigenvalue weighted by Crippen LogP contribution is 2.19. The van der Waals surface area contributed by atoms with Gasteiger partial charge in [-0.2, -0.15) is 5.10 Å². The summed E-state index contributed by atoms with van der Waals surface area (Å²) in [6, 6.07) is 17.3. The summed E-state index contributed by atoms with van der Waals surface area (Å²) >= 11 is 0. The first-order valence-electron chi connectivity index (χ1n) is 9.95. The summed E-state index contributed by atoms with van der Waals surface area (Å²) in [6.07, 6.45) is 3.08. The van der Waals surface area contributed by atoms with E-state index in [2.05, 4.69) is 10.00 Å². The van der Waals surface area contributed by atoms with Gasteiger partial charge in [0, 0.05) is 31.5 Å². The molecule has 0 aliphatic heterocycles. The number of ether oxygens (including phenoxy) is 3. The summed E-state index contributed by atoms with van der Waals surface area (Å²) in [5, 5.41) is 14.4. The standard InChI is InChI=1S/C23H29N3O4/c1-25(17-20(27)18-30-23-6-3-5-22(15-23)28-2)16-19-7-9-21(10-8-19)29-14-13-26-12-4-11-24-26/h3-12,15,20,27H,13-14,16-18H2,1-2H3/t20-/m0/s1. The molecule has 3 aromatic rings. The van der Waals surface area contributed by atoms with Gasteiger partial charge < -0.3 is 19.3 Å². The SMILES string of the molecule is COc1cccc(OC[C@@H](O)CN(C)Cc2ccc(OCCn3cccn3)cc2)c1. The second-order valence-corrected chi connectivity index (χ2v) is 7.10. The summed E-state index contributed by atoms with van der Waals surface area (Å²) in [5.41, 5.74) is 1.15. The van der Waals surface area contributed by atoms with E-state index >= 15 is 0 Å². The van der Waals surface area contributed by atoms with Crippen LogP contribution in [0.25, 0.3) is 0 Å². The minimum Gasteiger partial charge on any atom is -0.497 e. The first-order valence-corrected chi connectivity index (χ1v) is 9.95. The largest absolute Gasteiger partial charge is 0.497 e. The van der Waals surface area contributed by atoms with Gasteiger partial charge in [0.25, 0.3) is 0 Å². The van der Waals surface area contributed by atoms with E-state index in [1.54, 1.807) is 19.4 Å². The fraction of sp³-hybridized carbons (Fsp3) is 0.348. The Bertz CT molecular complexity index is 868. The lowest BCUT2D eigenvalue weighted by molar-refractivity contribution is 0.0743. The molecule has 1 aromatic heterocycles. The van der Waals surface area contributed by atoms with Crippen LogP contribution in [-0.4, -0.2) is 59.8 Å². The highest BCUT2D eigenvalue weighted by molar-refractivity contribution is 5.32. The van der Waals surface area contributed by atoms with Crippen molar-refractivity contribution >= 4 is 0 Å². The molecule has 7 nitrogen and oxygen atoms in total. The number of methoxy groups -OCH3 is 1. The maximum absolute atomic E-state index is 10.3. The van der Waals surface area contributed by atoms with Crippen LogP contribution >= 0.6 is 0 Å². The van der Waals surface area contributed by atoms with Crippen molar-refractivity contribution in [1.82, 2.24) is 14.7 Å². The Morgan fingerprint density at radius 3 is 2.57 bits per heavy atom. The van der Waals surface area contributed by atoms with Crippen molar-refractivity contribution < 1.29 is 19.3 Å². The Hall–Kier alpha value is -3.03. The van der Waals surface area contributed by atoms with Crippen molar-refractivity contribution in [3.05, 3.63) is 72.6 Å². The molecular formula is C23H29N3O4. The monoisotopic (exact) mass is 411 g/mol. The molecule has 0 bridgehead atoms. The highest BCUT2D eigenvalue weighted by atomic mass is 16.5. The normalized spacial score (nSPS) is 12.0. The molecule has 0 fully saturated rings. The Balaban J connectivity index is 1.37. The van der Waals surface area contributed by atoms with Crippen molar-refractivity contribution in [2.45, 2.75) is 19.2 Å². The van der Waals surface area contributed by atoms with E-state index < -0.39 is 6.10 Å². The van der Waals surface area contributed by atoms with E-state index in [1.807, 2.05) is 66.5 Å². The fourth-order valence-corrected chi connectivity index (χ4v) is 3.05. The second-order valence-electron chi connectivity index (χ2n) is 7.10.